The molecule has 1 N–H and O–H groups in total. The SMILES string of the molecule is COCCN1CCC(Nc2nc(OC)c3c(-c4ccc5c(c4)C[C@H]([C@H](C)CC(F)F)C=N5)c(F)cn3n2)CC1. The minimum absolute atomic E-state index is 0.101. The summed E-state index contributed by atoms with van der Waals surface area (Å²) in [4.78, 5) is 11.4. The highest BCUT2D eigenvalue weighted by molar-refractivity contribution is 5.86. The van der Waals surface area contributed by atoms with Crippen molar-refractivity contribution in [2.24, 2.45) is 16.8 Å². The molecular weight excluding hydrogens is 509 g/mol. The molecule has 2 atom stereocenters. The van der Waals surface area contributed by atoms with Crippen LogP contribution in [-0.2, 0) is 11.2 Å². The summed E-state index contributed by atoms with van der Waals surface area (Å²) >= 11 is 0. The van der Waals surface area contributed by atoms with Crippen molar-refractivity contribution in [3.8, 4) is 17.0 Å². The van der Waals surface area contributed by atoms with Crippen LogP contribution < -0.4 is 10.1 Å². The Morgan fingerprint density at radius 1 is 1.18 bits per heavy atom. The first-order valence-electron chi connectivity index (χ1n) is 13.4. The van der Waals surface area contributed by atoms with Crippen LogP contribution in [0.3, 0.4) is 0 Å². The molecule has 0 bridgehead atoms. The number of alkyl halides is 2. The van der Waals surface area contributed by atoms with Crippen molar-refractivity contribution in [2.45, 2.75) is 45.1 Å². The number of rotatable bonds is 10. The fourth-order valence-electron chi connectivity index (χ4n) is 5.52. The third kappa shape index (κ3) is 6.04. The molecule has 39 heavy (non-hydrogen) atoms. The maximum absolute atomic E-state index is 15.4. The van der Waals surface area contributed by atoms with Gasteiger partial charge in [0.1, 0.15) is 5.52 Å². The van der Waals surface area contributed by atoms with E-state index in [9.17, 15) is 8.78 Å². The number of hydrogen-bond acceptors (Lipinski definition) is 7. The van der Waals surface area contributed by atoms with Crippen molar-refractivity contribution >= 4 is 23.4 Å². The molecule has 8 nitrogen and oxygen atoms in total. The molecule has 2 aliphatic heterocycles. The standard InChI is InChI=1S/C28H35F3N6O2/c1-17(12-24(30)31)20-14-19-13-18(4-5-23(19)32-15-20)25-22(29)16-37-26(25)27(39-3)34-28(35-37)33-21-6-8-36(9-7-21)10-11-38-2/h4-5,13,15-17,20-21,24H,6-12,14H2,1-3H3,(H,33,35)/t17-,20+/m1/s1. The van der Waals surface area contributed by atoms with Crippen LogP contribution in [0.15, 0.2) is 29.4 Å². The van der Waals surface area contributed by atoms with E-state index in [1.54, 1.807) is 19.4 Å². The Kier molecular flexibility index (Phi) is 8.37. The van der Waals surface area contributed by atoms with Gasteiger partial charge in [-0.2, -0.15) is 4.98 Å². The lowest BCUT2D eigenvalue weighted by Gasteiger charge is -2.32. The van der Waals surface area contributed by atoms with Gasteiger partial charge in [-0.1, -0.05) is 13.0 Å². The molecular formula is C28H35F3N6O2. The van der Waals surface area contributed by atoms with Gasteiger partial charge in [-0.3, -0.25) is 4.99 Å². The number of aromatic nitrogens is 3. The second-order valence-electron chi connectivity index (χ2n) is 10.4. The van der Waals surface area contributed by atoms with E-state index in [2.05, 4.69) is 25.3 Å². The molecule has 0 amide bonds. The lowest BCUT2D eigenvalue weighted by molar-refractivity contribution is 0.111. The third-order valence-electron chi connectivity index (χ3n) is 7.79. The molecule has 11 heteroatoms. The number of ether oxygens (including phenoxy) is 2. The summed E-state index contributed by atoms with van der Waals surface area (Å²) in [6.07, 6.45) is 3.00. The summed E-state index contributed by atoms with van der Waals surface area (Å²) < 4.78 is 53.6. The van der Waals surface area contributed by atoms with Crippen molar-refractivity contribution in [3.05, 3.63) is 35.8 Å². The number of nitrogens with one attached hydrogen (secondary N) is 1. The van der Waals surface area contributed by atoms with Gasteiger partial charge in [0, 0.05) is 51.3 Å². The van der Waals surface area contributed by atoms with Crippen LogP contribution in [-0.4, -0.2) is 78.6 Å². The van der Waals surface area contributed by atoms with Gasteiger partial charge in [-0.15, -0.1) is 5.10 Å². The number of aliphatic imine (C=N–C) groups is 1. The van der Waals surface area contributed by atoms with E-state index < -0.39 is 12.2 Å². The van der Waals surface area contributed by atoms with E-state index in [1.165, 1.54) is 17.8 Å². The lowest BCUT2D eigenvalue weighted by atomic mass is 9.84. The van der Waals surface area contributed by atoms with Gasteiger partial charge in [0.15, 0.2) is 5.82 Å². The zero-order valence-corrected chi connectivity index (χ0v) is 22.5. The predicted octanol–water partition coefficient (Wildman–Crippen LogP) is 5.23. The fourth-order valence-corrected chi connectivity index (χ4v) is 5.52. The summed E-state index contributed by atoms with van der Waals surface area (Å²) in [7, 11) is 3.21. The van der Waals surface area contributed by atoms with Crippen LogP contribution >= 0.6 is 0 Å². The van der Waals surface area contributed by atoms with E-state index in [-0.39, 0.29) is 30.2 Å². The quantitative estimate of drug-likeness (QED) is 0.377. The molecule has 210 valence electrons. The van der Waals surface area contributed by atoms with Gasteiger partial charge in [0.25, 0.3) is 0 Å². The zero-order chi connectivity index (χ0) is 27.5. The van der Waals surface area contributed by atoms with E-state index in [1.807, 2.05) is 19.1 Å². The molecule has 0 radical (unpaired) electrons. The molecule has 2 aromatic heterocycles. The van der Waals surface area contributed by atoms with Crippen molar-refractivity contribution in [3.63, 3.8) is 0 Å². The second kappa shape index (κ2) is 11.9. The summed E-state index contributed by atoms with van der Waals surface area (Å²) in [6.45, 7) is 5.35. The highest BCUT2D eigenvalue weighted by atomic mass is 19.3. The van der Waals surface area contributed by atoms with Crippen LogP contribution in [0.1, 0.15) is 31.7 Å². The lowest BCUT2D eigenvalue weighted by Crippen LogP contribution is -2.40. The van der Waals surface area contributed by atoms with Gasteiger partial charge >= 0.3 is 0 Å². The Hall–Kier alpha value is -3.18. The molecule has 1 fully saturated rings. The van der Waals surface area contributed by atoms with Gasteiger partial charge in [-0.25, -0.2) is 17.7 Å². The number of piperidine rings is 1. The number of benzene rings is 1. The zero-order valence-electron chi connectivity index (χ0n) is 22.5. The van der Waals surface area contributed by atoms with E-state index >= 15 is 4.39 Å². The smallest absolute Gasteiger partial charge is 0.244 e. The van der Waals surface area contributed by atoms with Crippen LogP contribution in [0.4, 0.5) is 24.8 Å². The molecule has 0 aliphatic carbocycles. The summed E-state index contributed by atoms with van der Waals surface area (Å²) in [5, 5.41) is 7.94. The van der Waals surface area contributed by atoms with Crippen molar-refractivity contribution in [1.82, 2.24) is 19.5 Å². The molecule has 3 aromatic rings. The number of halogens is 3. The molecule has 5 rings (SSSR count). The van der Waals surface area contributed by atoms with Crippen LogP contribution in [0.25, 0.3) is 16.6 Å². The largest absolute Gasteiger partial charge is 0.479 e. The average Bonchev–Trinajstić information content (AvgIpc) is 3.26. The Balaban J connectivity index is 1.39. The van der Waals surface area contributed by atoms with Crippen molar-refractivity contribution in [1.29, 1.82) is 0 Å². The van der Waals surface area contributed by atoms with E-state index in [0.29, 0.717) is 35.6 Å². The number of methoxy groups -OCH3 is 2. The highest BCUT2D eigenvalue weighted by Crippen LogP contribution is 2.38. The first kappa shape index (κ1) is 27.4. The molecule has 1 saturated heterocycles. The molecule has 0 unspecified atom stereocenters. The first-order valence-corrected chi connectivity index (χ1v) is 13.4. The van der Waals surface area contributed by atoms with Crippen LogP contribution in [0.5, 0.6) is 5.88 Å². The van der Waals surface area contributed by atoms with E-state index in [4.69, 9.17) is 9.47 Å². The van der Waals surface area contributed by atoms with Crippen molar-refractivity contribution < 1.29 is 22.6 Å². The summed E-state index contributed by atoms with van der Waals surface area (Å²) in [5.41, 5.74) is 3.06. The molecule has 0 saturated carbocycles. The average molecular weight is 545 g/mol. The Labute approximate surface area is 226 Å². The number of anilines is 1. The number of nitrogens with zero attached hydrogens (tertiary/aromatic N) is 5. The van der Waals surface area contributed by atoms with Gasteiger partial charge in [0.05, 0.1) is 31.2 Å². The Morgan fingerprint density at radius 3 is 2.69 bits per heavy atom. The summed E-state index contributed by atoms with van der Waals surface area (Å²) in [5.74, 6) is -0.117. The fraction of sp³-hybridized carbons (Fsp3) is 0.536. The molecule has 4 heterocycles. The number of fused-ring (bicyclic) bond motifs is 2. The predicted molar refractivity (Wildman–Crippen MR) is 145 cm³/mol. The van der Waals surface area contributed by atoms with Gasteiger partial charge < -0.3 is 19.7 Å². The van der Waals surface area contributed by atoms with Gasteiger partial charge in [0.2, 0.25) is 18.3 Å². The van der Waals surface area contributed by atoms with Gasteiger partial charge in [-0.05, 0) is 48.4 Å². The van der Waals surface area contributed by atoms with Crippen LogP contribution in [0, 0.1) is 17.7 Å². The van der Waals surface area contributed by atoms with Crippen molar-refractivity contribution in [2.75, 3.05) is 45.8 Å². The molecule has 0 spiro atoms. The minimum Gasteiger partial charge on any atom is -0.479 e. The minimum atomic E-state index is -2.36. The maximum Gasteiger partial charge on any atom is 0.244 e. The summed E-state index contributed by atoms with van der Waals surface area (Å²) in [6, 6.07) is 5.73. The molecule has 2 aliphatic rings. The van der Waals surface area contributed by atoms with E-state index in [0.717, 1.165) is 43.7 Å². The topological polar surface area (TPSA) is 76.3 Å². The number of hydrogen-bond donors (Lipinski definition) is 1. The normalized spacial score (nSPS) is 19.0. The molecule has 1 aromatic carbocycles. The second-order valence-corrected chi connectivity index (χ2v) is 10.4. The Bertz CT molecular complexity index is 1320. The first-order chi connectivity index (χ1) is 18.9. The highest BCUT2D eigenvalue weighted by Gasteiger charge is 2.26. The third-order valence-corrected chi connectivity index (χ3v) is 7.79. The monoisotopic (exact) mass is 544 g/mol. The Morgan fingerprint density at radius 2 is 1.97 bits per heavy atom. The van der Waals surface area contributed by atoms with Crippen LogP contribution in [0.2, 0.25) is 0 Å². The maximum atomic E-state index is 15.4. The number of likely N-dealkylation sites (tertiary alicyclic amines) is 1.